The van der Waals surface area contributed by atoms with Crippen molar-refractivity contribution in [3.8, 4) is 68.2 Å². The summed E-state index contributed by atoms with van der Waals surface area (Å²) in [7, 11) is 0. The Labute approximate surface area is 281 Å². The fraction of sp³-hybridized carbons (Fsp3) is 0. The summed E-state index contributed by atoms with van der Waals surface area (Å²) in [6.07, 6.45) is 22.3. The van der Waals surface area contributed by atoms with E-state index in [0.29, 0.717) is 34.8 Å². The summed E-state index contributed by atoms with van der Waals surface area (Å²) in [5, 5.41) is 1.84. The van der Waals surface area contributed by atoms with Crippen molar-refractivity contribution < 1.29 is 0 Å². The second-order valence-electron chi connectivity index (χ2n) is 10.7. The highest BCUT2D eigenvalue weighted by Gasteiger charge is 2.29. The van der Waals surface area contributed by atoms with E-state index in [2.05, 4.69) is 47.0 Å². The van der Waals surface area contributed by atoms with E-state index < -0.39 is 0 Å². The van der Waals surface area contributed by atoms with Crippen LogP contribution in [-0.4, -0.2) is 59.8 Å². The topological polar surface area (TPSA) is 155 Å². The first-order chi connectivity index (χ1) is 24.3. The van der Waals surface area contributed by atoms with Crippen LogP contribution in [0, 0.1) is 0 Å². The van der Waals surface area contributed by atoms with Gasteiger partial charge in [-0.15, -0.1) is 11.3 Å². The number of hydrogen-bond acceptors (Lipinski definition) is 13. The Morgan fingerprint density at radius 3 is 1.16 bits per heavy atom. The lowest BCUT2D eigenvalue weighted by molar-refractivity contribution is 1.14. The summed E-state index contributed by atoms with van der Waals surface area (Å²) in [5.74, 6) is 2.56. The lowest BCUT2D eigenvalue weighted by atomic mass is 9.91. The van der Waals surface area contributed by atoms with E-state index in [9.17, 15) is 0 Å². The van der Waals surface area contributed by atoms with Gasteiger partial charge in [0.25, 0.3) is 0 Å². The minimum atomic E-state index is 0.497. The standard InChI is InChI=1S/C36H20N12S/c1-6-39-32(40-7-1)23-18-21-22-19-24(33-41-8-2-9-42-33)27(34-43-10-3-11-44-34)29(36-47-14-5-15-48-36)31(22)49-30(21)28(35-45-12-4-13-46-35)26(23)25-20-37-16-17-38-25/h1-20H. The molecule has 12 nitrogen and oxygen atoms in total. The van der Waals surface area contributed by atoms with Crippen molar-refractivity contribution in [1.29, 1.82) is 0 Å². The van der Waals surface area contributed by atoms with Gasteiger partial charge in [-0.05, 0) is 42.5 Å². The molecule has 7 aromatic heterocycles. The van der Waals surface area contributed by atoms with Crippen LogP contribution in [0.5, 0.6) is 0 Å². The van der Waals surface area contributed by atoms with Crippen LogP contribution < -0.4 is 0 Å². The van der Waals surface area contributed by atoms with E-state index in [0.717, 1.165) is 53.6 Å². The Morgan fingerprint density at radius 2 is 0.735 bits per heavy atom. The number of aromatic nitrogens is 12. The molecule has 2 aromatic carbocycles. The lowest BCUT2D eigenvalue weighted by Gasteiger charge is -2.15. The molecule has 0 bridgehead atoms. The predicted molar refractivity (Wildman–Crippen MR) is 185 cm³/mol. The molecule has 9 aromatic rings. The van der Waals surface area contributed by atoms with Gasteiger partial charge in [0.15, 0.2) is 29.1 Å². The second kappa shape index (κ2) is 12.1. The number of thiophene rings is 1. The fourth-order valence-electron chi connectivity index (χ4n) is 5.91. The SMILES string of the molecule is c1cnc(-c2cc3c(sc4c(-c5ncccn5)c(-c5ncccn5)c(-c5ncccn5)cc43)c(-c3ncccn3)c2-c2cnccn2)nc1. The molecule has 0 aliphatic heterocycles. The van der Waals surface area contributed by atoms with Crippen molar-refractivity contribution in [2.45, 2.75) is 0 Å². The molecule has 0 aliphatic carbocycles. The Bertz CT molecular complexity index is 2390. The molecule has 13 heteroatoms. The third-order valence-electron chi connectivity index (χ3n) is 7.85. The maximum absolute atomic E-state index is 4.74. The van der Waals surface area contributed by atoms with Gasteiger partial charge in [0.05, 0.1) is 11.9 Å². The molecule has 0 N–H and O–H groups in total. The molecule has 0 unspecified atom stereocenters. The Balaban J connectivity index is 1.52. The van der Waals surface area contributed by atoms with Gasteiger partial charge in [-0.25, -0.2) is 49.8 Å². The molecule has 0 fully saturated rings. The zero-order chi connectivity index (χ0) is 32.6. The summed E-state index contributed by atoms with van der Waals surface area (Å²) in [4.78, 5) is 56.2. The zero-order valence-corrected chi connectivity index (χ0v) is 26.1. The summed E-state index contributed by atoms with van der Waals surface area (Å²) in [6.45, 7) is 0. The number of nitrogens with zero attached hydrogens (tertiary/aromatic N) is 12. The molecule has 49 heavy (non-hydrogen) atoms. The van der Waals surface area contributed by atoms with E-state index in [4.69, 9.17) is 24.9 Å². The van der Waals surface area contributed by atoms with Crippen molar-refractivity contribution >= 4 is 31.5 Å². The average Bonchev–Trinajstić information content (AvgIpc) is 3.56. The van der Waals surface area contributed by atoms with Gasteiger partial charge in [-0.3, -0.25) is 9.97 Å². The maximum atomic E-state index is 4.74. The normalized spacial score (nSPS) is 11.3. The zero-order valence-electron chi connectivity index (χ0n) is 25.3. The van der Waals surface area contributed by atoms with E-state index in [1.165, 1.54) is 0 Å². The first-order valence-electron chi connectivity index (χ1n) is 15.1. The van der Waals surface area contributed by atoms with Crippen LogP contribution in [0.15, 0.2) is 123 Å². The third kappa shape index (κ3) is 4.92. The molecular weight excluding hydrogens is 633 g/mol. The quantitative estimate of drug-likeness (QED) is 0.186. The van der Waals surface area contributed by atoms with Gasteiger partial charge in [-0.1, -0.05) is 0 Å². The van der Waals surface area contributed by atoms with Gasteiger partial charge in [0.2, 0.25) is 0 Å². The first-order valence-corrected chi connectivity index (χ1v) is 15.9. The van der Waals surface area contributed by atoms with E-state index in [-0.39, 0.29) is 0 Å². The molecule has 0 spiro atoms. The van der Waals surface area contributed by atoms with Crippen LogP contribution in [0.3, 0.4) is 0 Å². The van der Waals surface area contributed by atoms with Crippen LogP contribution in [0.25, 0.3) is 88.4 Å². The number of hydrogen-bond donors (Lipinski definition) is 0. The van der Waals surface area contributed by atoms with E-state index in [1.54, 1.807) is 122 Å². The minimum absolute atomic E-state index is 0.497. The molecular formula is C36H20N12S. The third-order valence-corrected chi connectivity index (χ3v) is 9.11. The van der Waals surface area contributed by atoms with Crippen LogP contribution in [0.1, 0.15) is 0 Å². The van der Waals surface area contributed by atoms with Gasteiger partial charge in [0, 0.05) is 128 Å². The Hall–Kier alpha value is -6.86. The van der Waals surface area contributed by atoms with E-state index in [1.807, 2.05) is 0 Å². The monoisotopic (exact) mass is 652 g/mol. The second-order valence-corrected chi connectivity index (χ2v) is 11.7. The van der Waals surface area contributed by atoms with Crippen molar-refractivity contribution in [2.75, 3.05) is 0 Å². The fourth-order valence-corrected chi connectivity index (χ4v) is 7.26. The van der Waals surface area contributed by atoms with Crippen molar-refractivity contribution in [3.05, 3.63) is 123 Å². The van der Waals surface area contributed by atoms with Gasteiger partial charge >= 0.3 is 0 Å². The van der Waals surface area contributed by atoms with Gasteiger partial charge < -0.3 is 0 Å². The Morgan fingerprint density at radius 1 is 0.347 bits per heavy atom. The molecule has 0 amide bonds. The Kier molecular flexibility index (Phi) is 6.98. The summed E-state index contributed by atoms with van der Waals surface area (Å²) in [5.41, 5.74) is 5.13. The molecule has 9 rings (SSSR count). The molecule has 0 radical (unpaired) electrons. The van der Waals surface area contributed by atoms with Gasteiger partial charge in [0.1, 0.15) is 0 Å². The smallest absolute Gasteiger partial charge is 0.161 e. The molecule has 0 aliphatic rings. The molecule has 230 valence electrons. The van der Waals surface area contributed by atoms with Crippen molar-refractivity contribution in [1.82, 2.24) is 59.8 Å². The minimum Gasteiger partial charge on any atom is -0.261 e. The molecule has 7 heterocycles. The highest BCUT2D eigenvalue weighted by atomic mass is 32.1. The first kappa shape index (κ1) is 28.4. The lowest BCUT2D eigenvalue weighted by Crippen LogP contribution is -1.99. The number of rotatable bonds is 6. The number of benzene rings is 2. The molecule has 0 saturated carbocycles. The van der Waals surface area contributed by atoms with Crippen LogP contribution in [0.4, 0.5) is 0 Å². The summed E-state index contributed by atoms with van der Waals surface area (Å²) in [6, 6.07) is 13.1. The maximum Gasteiger partial charge on any atom is 0.161 e. The highest BCUT2D eigenvalue weighted by molar-refractivity contribution is 7.27. The highest BCUT2D eigenvalue weighted by Crippen LogP contribution is 2.52. The predicted octanol–water partition coefficient (Wildman–Crippen LogP) is 6.80. The van der Waals surface area contributed by atoms with Crippen molar-refractivity contribution in [3.63, 3.8) is 0 Å². The van der Waals surface area contributed by atoms with Crippen LogP contribution in [0.2, 0.25) is 0 Å². The average molecular weight is 653 g/mol. The summed E-state index contributed by atoms with van der Waals surface area (Å²) < 4.78 is 1.83. The van der Waals surface area contributed by atoms with Crippen molar-refractivity contribution in [2.24, 2.45) is 0 Å². The summed E-state index contributed by atoms with van der Waals surface area (Å²) >= 11 is 1.58. The van der Waals surface area contributed by atoms with Gasteiger partial charge in [-0.2, -0.15) is 0 Å². The van der Waals surface area contributed by atoms with Crippen LogP contribution >= 0.6 is 11.3 Å². The van der Waals surface area contributed by atoms with Crippen LogP contribution in [-0.2, 0) is 0 Å². The largest absolute Gasteiger partial charge is 0.261 e. The van der Waals surface area contributed by atoms with E-state index >= 15 is 0 Å². The molecule has 0 saturated heterocycles. The molecule has 0 atom stereocenters. The number of fused-ring (bicyclic) bond motifs is 3.